The van der Waals surface area contributed by atoms with E-state index in [1.54, 1.807) is 0 Å². The first-order chi connectivity index (χ1) is 10.4. The molecule has 0 amide bonds. The van der Waals surface area contributed by atoms with Crippen molar-refractivity contribution in [2.24, 2.45) is 5.92 Å². The summed E-state index contributed by atoms with van der Waals surface area (Å²) in [6, 6.07) is 8.67. The summed E-state index contributed by atoms with van der Waals surface area (Å²) in [4.78, 5) is 6.07. The number of nitrogens with zero attached hydrogens (tertiary/aromatic N) is 1. The second-order valence-corrected chi connectivity index (χ2v) is 6.62. The molecule has 112 valence electrons. The number of aromatic amines is 1. The Hall–Kier alpha value is -1.32. The third-order valence-corrected chi connectivity index (χ3v) is 5.10. The highest BCUT2D eigenvalue weighted by atomic mass is 16.5. The molecular formula is C18H24N2O. The van der Waals surface area contributed by atoms with E-state index in [-0.39, 0.29) is 0 Å². The van der Waals surface area contributed by atoms with Crippen molar-refractivity contribution >= 4 is 10.9 Å². The van der Waals surface area contributed by atoms with Crippen LogP contribution in [0.4, 0.5) is 0 Å². The van der Waals surface area contributed by atoms with Crippen LogP contribution in [-0.2, 0) is 4.74 Å². The standard InChI is InChI=1S/C18H24N2O/c1-2-6-18-16(5-1)17(10-19-18)15-7-8-20(12-15)11-14-4-3-9-21-13-14/h1-2,5-6,10,14-15,19H,3-4,7-9,11-13H2/t14-,15+/m1/s1. The zero-order chi connectivity index (χ0) is 14.1. The van der Waals surface area contributed by atoms with Gasteiger partial charge in [0.2, 0.25) is 0 Å². The molecule has 0 saturated carbocycles. The van der Waals surface area contributed by atoms with Crippen LogP contribution in [0.2, 0.25) is 0 Å². The SMILES string of the molecule is c1ccc2c([C@H]3CCN(C[C@H]4CCCOC4)C3)c[nH]c2c1. The Balaban J connectivity index is 1.43. The number of para-hydroxylation sites is 1. The molecule has 0 bridgehead atoms. The molecule has 1 aromatic heterocycles. The first-order valence-corrected chi connectivity index (χ1v) is 8.26. The molecule has 0 spiro atoms. The summed E-state index contributed by atoms with van der Waals surface area (Å²) in [5.74, 6) is 1.44. The lowest BCUT2D eigenvalue weighted by Gasteiger charge is -2.26. The fourth-order valence-electron chi connectivity index (χ4n) is 4.00. The molecular weight excluding hydrogens is 260 g/mol. The summed E-state index contributed by atoms with van der Waals surface area (Å²) in [6.07, 6.45) is 6.09. The molecule has 0 radical (unpaired) electrons. The molecule has 1 N–H and O–H groups in total. The van der Waals surface area contributed by atoms with Gasteiger partial charge in [0.25, 0.3) is 0 Å². The molecule has 2 aromatic rings. The Bertz CT molecular complexity index is 600. The number of hydrogen-bond donors (Lipinski definition) is 1. The van der Waals surface area contributed by atoms with Gasteiger partial charge < -0.3 is 14.6 Å². The maximum absolute atomic E-state index is 5.62. The zero-order valence-corrected chi connectivity index (χ0v) is 12.6. The maximum atomic E-state index is 5.62. The molecule has 1 aromatic carbocycles. The second-order valence-electron chi connectivity index (χ2n) is 6.62. The minimum atomic E-state index is 0.686. The molecule has 2 aliphatic rings. The van der Waals surface area contributed by atoms with E-state index in [1.165, 1.54) is 55.4 Å². The van der Waals surface area contributed by atoms with E-state index in [0.717, 1.165) is 19.1 Å². The van der Waals surface area contributed by atoms with Gasteiger partial charge in [-0.25, -0.2) is 0 Å². The number of hydrogen-bond acceptors (Lipinski definition) is 2. The number of rotatable bonds is 3. The molecule has 2 saturated heterocycles. The van der Waals surface area contributed by atoms with E-state index in [2.05, 4.69) is 40.3 Å². The van der Waals surface area contributed by atoms with Crippen molar-refractivity contribution in [3.63, 3.8) is 0 Å². The van der Waals surface area contributed by atoms with Crippen molar-refractivity contribution in [3.05, 3.63) is 36.0 Å². The molecule has 3 heteroatoms. The summed E-state index contributed by atoms with van der Waals surface area (Å²) in [6.45, 7) is 5.60. The maximum Gasteiger partial charge on any atom is 0.0506 e. The summed E-state index contributed by atoms with van der Waals surface area (Å²) in [5, 5.41) is 1.41. The van der Waals surface area contributed by atoms with Gasteiger partial charge in [-0.1, -0.05) is 18.2 Å². The Morgan fingerprint density at radius 3 is 3.10 bits per heavy atom. The minimum Gasteiger partial charge on any atom is -0.381 e. The highest BCUT2D eigenvalue weighted by molar-refractivity contribution is 5.83. The molecule has 0 aliphatic carbocycles. The molecule has 2 fully saturated rings. The minimum absolute atomic E-state index is 0.686. The first-order valence-electron chi connectivity index (χ1n) is 8.26. The van der Waals surface area contributed by atoms with Gasteiger partial charge in [-0.05, 0) is 49.3 Å². The lowest BCUT2D eigenvalue weighted by molar-refractivity contribution is 0.0416. The third kappa shape index (κ3) is 2.72. The van der Waals surface area contributed by atoms with Crippen molar-refractivity contribution in [2.45, 2.75) is 25.2 Å². The van der Waals surface area contributed by atoms with Crippen molar-refractivity contribution in [1.29, 1.82) is 0 Å². The first kappa shape index (κ1) is 13.4. The number of H-pyrrole nitrogens is 1. The summed E-state index contributed by atoms with van der Waals surface area (Å²) >= 11 is 0. The largest absolute Gasteiger partial charge is 0.381 e. The quantitative estimate of drug-likeness (QED) is 0.936. The third-order valence-electron chi connectivity index (χ3n) is 5.10. The average molecular weight is 284 g/mol. The van der Waals surface area contributed by atoms with Crippen molar-refractivity contribution in [1.82, 2.24) is 9.88 Å². The van der Waals surface area contributed by atoms with Gasteiger partial charge in [0.1, 0.15) is 0 Å². The lowest BCUT2D eigenvalue weighted by Crippen LogP contribution is -2.32. The van der Waals surface area contributed by atoms with Crippen molar-refractivity contribution in [2.75, 3.05) is 32.8 Å². The fourth-order valence-corrected chi connectivity index (χ4v) is 4.00. The molecule has 2 atom stereocenters. The predicted molar refractivity (Wildman–Crippen MR) is 85.6 cm³/mol. The van der Waals surface area contributed by atoms with Gasteiger partial charge in [0, 0.05) is 36.8 Å². The van der Waals surface area contributed by atoms with Gasteiger partial charge in [0.05, 0.1) is 6.61 Å². The number of benzene rings is 1. The van der Waals surface area contributed by atoms with Crippen molar-refractivity contribution in [3.8, 4) is 0 Å². The van der Waals surface area contributed by atoms with E-state index in [9.17, 15) is 0 Å². The summed E-state index contributed by atoms with van der Waals surface area (Å²) < 4.78 is 5.62. The van der Waals surface area contributed by atoms with Crippen LogP contribution in [0.15, 0.2) is 30.5 Å². The van der Waals surface area contributed by atoms with E-state index < -0.39 is 0 Å². The highest BCUT2D eigenvalue weighted by Gasteiger charge is 2.27. The van der Waals surface area contributed by atoms with Crippen LogP contribution >= 0.6 is 0 Å². The number of likely N-dealkylation sites (tertiary alicyclic amines) is 1. The topological polar surface area (TPSA) is 28.3 Å². The lowest BCUT2D eigenvalue weighted by atomic mass is 9.98. The number of fused-ring (bicyclic) bond motifs is 1. The van der Waals surface area contributed by atoms with E-state index in [4.69, 9.17) is 4.74 Å². The van der Waals surface area contributed by atoms with Gasteiger partial charge in [0.15, 0.2) is 0 Å². The van der Waals surface area contributed by atoms with Crippen molar-refractivity contribution < 1.29 is 4.74 Å². The van der Waals surface area contributed by atoms with Crippen LogP contribution in [0, 0.1) is 5.92 Å². The van der Waals surface area contributed by atoms with Gasteiger partial charge in [-0.2, -0.15) is 0 Å². The molecule has 3 nitrogen and oxygen atoms in total. The second kappa shape index (κ2) is 5.82. The van der Waals surface area contributed by atoms with Gasteiger partial charge in [-0.15, -0.1) is 0 Å². The van der Waals surface area contributed by atoms with Crippen LogP contribution in [-0.4, -0.2) is 42.7 Å². The fraction of sp³-hybridized carbons (Fsp3) is 0.556. The van der Waals surface area contributed by atoms with Gasteiger partial charge >= 0.3 is 0 Å². The normalized spacial score (nSPS) is 27.4. The summed E-state index contributed by atoms with van der Waals surface area (Å²) in [7, 11) is 0. The van der Waals surface area contributed by atoms with E-state index in [0.29, 0.717) is 5.92 Å². The molecule has 21 heavy (non-hydrogen) atoms. The summed E-state index contributed by atoms with van der Waals surface area (Å²) in [5.41, 5.74) is 2.78. The Morgan fingerprint density at radius 2 is 2.19 bits per heavy atom. The predicted octanol–water partition coefficient (Wildman–Crippen LogP) is 3.38. The molecule has 3 heterocycles. The van der Waals surface area contributed by atoms with Crippen LogP contribution in [0.1, 0.15) is 30.7 Å². The zero-order valence-electron chi connectivity index (χ0n) is 12.6. The number of nitrogens with one attached hydrogen (secondary N) is 1. The smallest absolute Gasteiger partial charge is 0.0506 e. The number of aromatic nitrogens is 1. The molecule has 0 unspecified atom stereocenters. The molecule has 4 rings (SSSR count). The van der Waals surface area contributed by atoms with Crippen LogP contribution in [0.5, 0.6) is 0 Å². The van der Waals surface area contributed by atoms with Crippen LogP contribution in [0.3, 0.4) is 0 Å². The Morgan fingerprint density at radius 1 is 1.24 bits per heavy atom. The molecule has 2 aliphatic heterocycles. The van der Waals surface area contributed by atoms with Crippen LogP contribution in [0.25, 0.3) is 10.9 Å². The highest BCUT2D eigenvalue weighted by Crippen LogP contribution is 2.33. The van der Waals surface area contributed by atoms with E-state index in [1.807, 2.05) is 0 Å². The Kier molecular flexibility index (Phi) is 3.70. The van der Waals surface area contributed by atoms with Gasteiger partial charge in [-0.3, -0.25) is 0 Å². The van der Waals surface area contributed by atoms with E-state index >= 15 is 0 Å². The monoisotopic (exact) mass is 284 g/mol. The Labute approximate surface area is 126 Å². The number of ether oxygens (including phenoxy) is 1. The average Bonchev–Trinajstić information content (AvgIpc) is 3.14. The van der Waals surface area contributed by atoms with Crippen LogP contribution < -0.4 is 0 Å².